The molecule has 0 bridgehead atoms. The number of ether oxygens (including phenoxy) is 1. The number of hydrogen-bond donors (Lipinski definition) is 1. The minimum absolute atomic E-state index is 0. The summed E-state index contributed by atoms with van der Waals surface area (Å²) in [5.74, 6) is -1.61. The quantitative estimate of drug-likeness (QED) is 0.808. The highest BCUT2D eigenvalue weighted by atomic mass is 35.5. The zero-order valence-corrected chi connectivity index (χ0v) is 13.5. The van der Waals surface area contributed by atoms with Crippen LogP contribution < -0.4 is 5.73 Å². The van der Waals surface area contributed by atoms with Crippen molar-refractivity contribution >= 4 is 28.4 Å². The van der Waals surface area contributed by atoms with Crippen LogP contribution in [0.4, 0.5) is 4.39 Å². The number of sulfonamides is 1. The van der Waals surface area contributed by atoms with E-state index in [2.05, 4.69) is 4.74 Å². The van der Waals surface area contributed by atoms with Crippen molar-refractivity contribution in [1.82, 2.24) is 4.31 Å². The third kappa shape index (κ3) is 4.13. The Kier molecular flexibility index (Phi) is 7.25. The molecule has 9 heteroatoms. The maximum absolute atomic E-state index is 13.3. The van der Waals surface area contributed by atoms with Gasteiger partial charge in [-0.1, -0.05) is 0 Å². The van der Waals surface area contributed by atoms with Gasteiger partial charge in [0, 0.05) is 19.6 Å². The molecule has 1 aromatic rings. The Hall–Kier alpha value is -1.22. The molecule has 0 aliphatic rings. The summed E-state index contributed by atoms with van der Waals surface area (Å²) >= 11 is 0. The van der Waals surface area contributed by atoms with Gasteiger partial charge in [0.2, 0.25) is 10.0 Å². The molecular weight excluding hydrogens is 323 g/mol. The second-order valence-electron chi connectivity index (χ2n) is 4.24. The van der Waals surface area contributed by atoms with Crippen LogP contribution in [0.1, 0.15) is 17.3 Å². The molecular formula is C12H18ClFN2O4S. The van der Waals surface area contributed by atoms with Crippen LogP contribution in [0.15, 0.2) is 23.1 Å². The number of nitrogens with two attached hydrogens (primary N) is 1. The van der Waals surface area contributed by atoms with E-state index in [1.54, 1.807) is 6.92 Å². The molecule has 2 N–H and O–H groups in total. The lowest BCUT2D eigenvalue weighted by Gasteiger charge is -2.23. The first-order chi connectivity index (χ1) is 9.25. The van der Waals surface area contributed by atoms with E-state index in [4.69, 9.17) is 5.73 Å². The lowest BCUT2D eigenvalue weighted by Crippen LogP contribution is -2.40. The van der Waals surface area contributed by atoms with Crippen LogP contribution in [0, 0.1) is 5.82 Å². The fourth-order valence-corrected chi connectivity index (χ4v) is 3.09. The lowest BCUT2D eigenvalue weighted by molar-refractivity contribution is 0.0596. The smallest absolute Gasteiger partial charge is 0.339 e. The summed E-state index contributed by atoms with van der Waals surface area (Å²) in [4.78, 5) is 11.2. The molecule has 0 spiro atoms. The van der Waals surface area contributed by atoms with Gasteiger partial charge in [-0.2, -0.15) is 4.31 Å². The predicted octanol–water partition coefficient (Wildman–Crippen LogP) is 1.00. The number of carbonyl (C=O) groups is 1. The summed E-state index contributed by atoms with van der Waals surface area (Å²) in [6.07, 6.45) is 0. The molecule has 21 heavy (non-hydrogen) atoms. The number of benzene rings is 1. The Morgan fingerprint density at radius 2 is 2.05 bits per heavy atom. The Morgan fingerprint density at radius 1 is 1.48 bits per heavy atom. The van der Waals surface area contributed by atoms with Gasteiger partial charge in [-0.25, -0.2) is 17.6 Å². The molecule has 1 unspecified atom stereocenters. The van der Waals surface area contributed by atoms with E-state index in [1.165, 1.54) is 7.05 Å². The van der Waals surface area contributed by atoms with Gasteiger partial charge < -0.3 is 10.5 Å². The second kappa shape index (κ2) is 7.69. The molecule has 0 aromatic heterocycles. The second-order valence-corrected chi connectivity index (χ2v) is 6.20. The van der Waals surface area contributed by atoms with E-state index >= 15 is 0 Å². The summed E-state index contributed by atoms with van der Waals surface area (Å²) < 4.78 is 43.7. The zero-order valence-electron chi connectivity index (χ0n) is 11.9. The minimum Gasteiger partial charge on any atom is -0.465 e. The normalized spacial score (nSPS) is 12.7. The Bertz CT molecular complexity index is 609. The van der Waals surface area contributed by atoms with Crippen LogP contribution in [0.5, 0.6) is 0 Å². The number of halogens is 2. The maximum Gasteiger partial charge on any atom is 0.339 e. The van der Waals surface area contributed by atoms with E-state index in [-0.39, 0.29) is 24.5 Å². The van der Waals surface area contributed by atoms with E-state index in [9.17, 15) is 17.6 Å². The first-order valence-electron chi connectivity index (χ1n) is 5.81. The van der Waals surface area contributed by atoms with Crippen molar-refractivity contribution in [3.63, 3.8) is 0 Å². The molecule has 120 valence electrons. The van der Waals surface area contributed by atoms with Crippen molar-refractivity contribution in [3.05, 3.63) is 29.6 Å². The molecule has 1 atom stereocenters. The summed E-state index contributed by atoms with van der Waals surface area (Å²) in [7, 11) is -1.61. The van der Waals surface area contributed by atoms with Gasteiger partial charge in [-0.15, -0.1) is 12.4 Å². The fraction of sp³-hybridized carbons (Fsp3) is 0.417. The third-order valence-electron chi connectivity index (χ3n) is 2.97. The number of carbonyl (C=O) groups excluding carboxylic acids is 1. The highest BCUT2D eigenvalue weighted by molar-refractivity contribution is 7.89. The molecule has 0 heterocycles. The topological polar surface area (TPSA) is 89.7 Å². The number of hydrogen-bond acceptors (Lipinski definition) is 5. The number of esters is 1. The van der Waals surface area contributed by atoms with E-state index < -0.39 is 32.7 Å². The van der Waals surface area contributed by atoms with Gasteiger partial charge >= 0.3 is 5.97 Å². The van der Waals surface area contributed by atoms with Crippen molar-refractivity contribution in [2.24, 2.45) is 5.73 Å². The van der Waals surface area contributed by atoms with Crippen LogP contribution >= 0.6 is 12.4 Å². The standard InChI is InChI=1S/C12H17FN2O4S.ClH/c1-8(7-14)15(2)20(17,18)11-6-9(13)4-5-10(11)12(16)19-3;/h4-6,8H,7,14H2,1-3H3;1H. The Morgan fingerprint density at radius 3 is 2.52 bits per heavy atom. The van der Waals surface area contributed by atoms with Crippen molar-refractivity contribution in [2.45, 2.75) is 17.9 Å². The van der Waals surface area contributed by atoms with Crippen molar-refractivity contribution in [1.29, 1.82) is 0 Å². The molecule has 6 nitrogen and oxygen atoms in total. The van der Waals surface area contributed by atoms with Gasteiger partial charge in [0.25, 0.3) is 0 Å². The molecule has 1 rings (SSSR count). The van der Waals surface area contributed by atoms with Crippen LogP contribution in [-0.2, 0) is 14.8 Å². The molecule has 0 saturated heterocycles. The van der Waals surface area contributed by atoms with Crippen LogP contribution in [0.2, 0.25) is 0 Å². The fourth-order valence-electron chi connectivity index (χ4n) is 1.53. The number of rotatable bonds is 5. The number of methoxy groups -OCH3 is 1. The summed E-state index contributed by atoms with van der Waals surface area (Å²) in [6, 6.07) is 2.38. The van der Waals surface area contributed by atoms with Gasteiger partial charge in [-0.3, -0.25) is 0 Å². The first kappa shape index (κ1) is 19.8. The average molecular weight is 341 g/mol. The largest absolute Gasteiger partial charge is 0.465 e. The maximum atomic E-state index is 13.3. The van der Waals surface area contributed by atoms with Crippen LogP contribution in [0.25, 0.3) is 0 Å². The van der Waals surface area contributed by atoms with Crippen LogP contribution in [0.3, 0.4) is 0 Å². The molecule has 0 aliphatic heterocycles. The lowest BCUT2D eigenvalue weighted by atomic mass is 10.2. The predicted molar refractivity (Wildman–Crippen MR) is 78.5 cm³/mol. The minimum atomic E-state index is -4.05. The van der Waals surface area contributed by atoms with E-state index in [0.717, 1.165) is 29.6 Å². The van der Waals surface area contributed by atoms with Crippen molar-refractivity contribution < 1.29 is 22.3 Å². The monoisotopic (exact) mass is 340 g/mol. The highest BCUT2D eigenvalue weighted by Crippen LogP contribution is 2.22. The molecule has 0 aliphatic carbocycles. The average Bonchev–Trinajstić information content (AvgIpc) is 2.44. The molecule has 1 aromatic carbocycles. The first-order valence-corrected chi connectivity index (χ1v) is 7.25. The van der Waals surface area contributed by atoms with Crippen molar-refractivity contribution in [2.75, 3.05) is 20.7 Å². The SMILES string of the molecule is COC(=O)c1ccc(F)cc1S(=O)(=O)N(C)C(C)CN.Cl. The molecule has 0 radical (unpaired) electrons. The third-order valence-corrected chi connectivity index (χ3v) is 4.98. The summed E-state index contributed by atoms with van der Waals surface area (Å²) in [5, 5.41) is 0. The van der Waals surface area contributed by atoms with Gasteiger partial charge in [-0.05, 0) is 25.1 Å². The Labute approximate surface area is 129 Å². The van der Waals surface area contributed by atoms with Gasteiger partial charge in [0.1, 0.15) is 5.82 Å². The summed E-state index contributed by atoms with van der Waals surface area (Å²) in [6.45, 7) is 1.70. The van der Waals surface area contributed by atoms with Crippen LogP contribution in [-0.4, -0.2) is 45.4 Å². The van der Waals surface area contributed by atoms with E-state index in [1.807, 2.05) is 0 Å². The number of likely N-dealkylation sites (N-methyl/N-ethyl adjacent to an activating group) is 1. The number of nitrogens with zero attached hydrogens (tertiary/aromatic N) is 1. The molecule has 0 saturated carbocycles. The van der Waals surface area contributed by atoms with Gasteiger partial charge in [0.05, 0.1) is 17.6 Å². The Balaban J connectivity index is 0.00000400. The van der Waals surface area contributed by atoms with Crippen molar-refractivity contribution in [3.8, 4) is 0 Å². The highest BCUT2D eigenvalue weighted by Gasteiger charge is 2.30. The molecule has 0 fully saturated rings. The summed E-state index contributed by atoms with van der Waals surface area (Å²) in [5.41, 5.74) is 5.21. The molecule has 0 amide bonds. The zero-order chi connectivity index (χ0) is 15.5. The van der Waals surface area contributed by atoms with E-state index in [0.29, 0.717) is 0 Å². The van der Waals surface area contributed by atoms with Gasteiger partial charge in [0.15, 0.2) is 0 Å².